The van der Waals surface area contributed by atoms with Gasteiger partial charge in [-0.3, -0.25) is 0 Å². The van der Waals surface area contributed by atoms with Crippen LogP contribution in [0, 0.1) is 0 Å². The van der Waals surface area contributed by atoms with Crippen molar-refractivity contribution in [2.24, 2.45) is 0 Å². The standard InChI is InChI=1S/C13H15N3O3/c1-17-10-6-8(7-11(18-2)12(10)19-3)9-4-5-15-16-13(9)14/h4-7H,1-3H3,(H2,14,16). The van der Waals surface area contributed by atoms with Crippen LogP contribution in [-0.4, -0.2) is 31.5 Å². The third-order valence-electron chi connectivity index (χ3n) is 2.73. The molecule has 0 aliphatic carbocycles. The van der Waals surface area contributed by atoms with Gasteiger partial charge >= 0.3 is 0 Å². The molecule has 0 bridgehead atoms. The summed E-state index contributed by atoms with van der Waals surface area (Å²) in [5.74, 6) is 2.01. The molecule has 0 saturated carbocycles. The van der Waals surface area contributed by atoms with Crippen LogP contribution in [0.2, 0.25) is 0 Å². The molecule has 0 saturated heterocycles. The van der Waals surface area contributed by atoms with E-state index in [4.69, 9.17) is 19.9 Å². The van der Waals surface area contributed by atoms with Crippen LogP contribution >= 0.6 is 0 Å². The number of nitrogens with zero attached hydrogens (tertiary/aromatic N) is 2. The maximum atomic E-state index is 5.82. The summed E-state index contributed by atoms with van der Waals surface area (Å²) in [5.41, 5.74) is 7.40. The highest BCUT2D eigenvalue weighted by molar-refractivity contribution is 5.77. The van der Waals surface area contributed by atoms with Gasteiger partial charge in [0, 0.05) is 5.56 Å². The highest BCUT2D eigenvalue weighted by atomic mass is 16.5. The maximum absolute atomic E-state index is 5.82. The minimum absolute atomic E-state index is 0.344. The topological polar surface area (TPSA) is 79.5 Å². The van der Waals surface area contributed by atoms with Crippen molar-refractivity contribution in [3.05, 3.63) is 24.4 Å². The minimum Gasteiger partial charge on any atom is -0.493 e. The first kappa shape index (κ1) is 12.9. The second kappa shape index (κ2) is 5.43. The SMILES string of the molecule is COc1cc(-c2ccnnc2N)cc(OC)c1OC. The first-order valence-electron chi connectivity index (χ1n) is 5.58. The van der Waals surface area contributed by atoms with E-state index in [1.54, 1.807) is 33.6 Å². The number of nitrogen functional groups attached to an aromatic ring is 1. The van der Waals surface area contributed by atoms with Gasteiger partial charge in [0.25, 0.3) is 0 Å². The van der Waals surface area contributed by atoms with Crippen LogP contribution in [0.15, 0.2) is 24.4 Å². The largest absolute Gasteiger partial charge is 0.493 e. The summed E-state index contributed by atoms with van der Waals surface area (Å²) >= 11 is 0. The van der Waals surface area contributed by atoms with Crippen molar-refractivity contribution in [1.29, 1.82) is 0 Å². The molecule has 0 amide bonds. The Balaban J connectivity index is 2.63. The predicted octanol–water partition coefficient (Wildman–Crippen LogP) is 1.75. The molecule has 0 spiro atoms. The molecule has 6 heteroatoms. The van der Waals surface area contributed by atoms with E-state index in [2.05, 4.69) is 10.2 Å². The van der Waals surface area contributed by atoms with Gasteiger partial charge < -0.3 is 19.9 Å². The van der Waals surface area contributed by atoms with Gasteiger partial charge in [-0.05, 0) is 23.8 Å². The molecule has 0 fully saturated rings. The molecule has 0 atom stereocenters. The Morgan fingerprint density at radius 1 is 1.00 bits per heavy atom. The Hall–Kier alpha value is -2.50. The van der Waals surface area contributed by atoms with E-state index in [0.717, 1.165) is 11.1 Å². The van der Waals surface area contributed by atoms with Crippen LogP contribution in [0.25, 0.3) is 11.1 Å². The smallest absolute Gasteiger partial charge is 0.203 e. The van der Waals surface area contributed by atoms with E-state index in [-0.39, 0.29) is 0 Å². The molecule has 6 nitrogen and oxygen atoms in total. The third kappa shape index (κ3) is 2.37. The average Bonchev–Trinajstić information content (AvgIpc) is 2.46. The van der Waals surface area contributed by atoms with Crippen LogP contribution in [0.3, 0.4) is 0 Å². The van der Waals surface area contributed by atoms with Crippen molar-refractivity contribution >= 4 is 5.82 Å². The van der Waals surface area contributed by atoms with E-state index < -0.39 is 0 Å². The number of aromatic nitrogens is 2. The molecule has 100 valence electrons. The number of hydrogen-bond acceptors (Lipinski definition) is 6. The zero-order valence-electron chi connectivity index (χ0n) is 11.0. The van der Waals surface area contributed by atoms with Crippen molar-refractivity contribution < 1.29 is 14.2 Å². The number of nitrogens with two attached hydrogens (primary N) is 1. The fourth-order valence-electron chi connectivity index (χ4n) is 1.82. The van der Waals surface area contributed by atoms with Crippen molar-refractivity contribution in [3.63, 3.8) is 0 Å². The van der Waals surface area contributed by atoms with Gasteiger partial charge in [-0.25, -0.2) is 0 Å². The summed E-state index contributed by atoms with van der Waals surface area (Å²) in [7, 11) is 4.69. The summed E-state index contributed by atoms with van der Waals surface area (Å²) < 4.78 is 15.9. The van der Waals surface area contributed by atoms with Crippen LogP contribution in [0.5, 0.6) is 17.2 Å². The van der Waals surface area contributed by atoms with Gasteiger partial charge in [-0.15, -0.1) is 5.10 Å². The number of ether oxygens (including phenoxy) is 3. The zero-order valence-corrected chi connectivity index (χ0v) is 11.0. The maximum Gasteiger partial charge on any atom is 0.203 e. The first-order chi connectivity index (χ1) is 9.21. The van der Waals surface area contributed by atoms with Crippen LogP contribution in [-0.2, 0) is 0 Å². The van der Waals surface area contributed by atoms with Gasteiger partial charge in [0.2, 0.25) is 5.75 Å². The lowest BCUT2D eigenvalue weighted by Gasteiger charge is -2.14. The summed E-state index contributed by atoms with van der Waals surface area (Å²) in [6.07, 6.45) is 1.58. The van der Waals surface area contributed by atoms with E-state index in [9.17, 15) is 0 Å². The molecular formula is C13H15N3O3. The summed E-state index contributed by atoms with van der Waals surface area (Å²) in [6.45, 7) is 0. The lowest BCUT2D eigenvalue weighted by molar-refractivity contribution is 0.324. The van der Waals surface area contributed by atoms with Crippen molar-refractivity contribution in [3.8, 4) is 28.4 Å². The molecule has 1 aromatic carbocycles. The number of methoxy groups -OCH3 is 3. The molecule has 0 unspecified atom stereocenters. The highest BCUT2D eigenvalue weighted by Gasteiger charge is 2.15. The monoisotopic (exact) mass is 261 g/mol. The molecule has 2 aromatic rings. The Bertz CT molecular complexity index is 562. The number of hydrogen-bond donors (Lipinski definition) is 1. The molecule has 0 aliphatic heterocycles. The van der Waals surface area contributed by atoms with Crippen LogP contribution in [0.4, 0.5) is 5.82 Å². The van der Waals surface area contributed by atoms with E-state index in [0.29, 0.717) is 23.1 Å². The molecule has 1 aromatic heterocycles. The number of anilines is 1. The lowest BCUT2D eigenvalue weighted by atomic mass is 10.1. The predicted molar refractivity (Wildman–Crippen MR) is 71.5 cm³/mol. The van der Waals surface area contributed by atoms with E-state index in [1.165, 1.54) is 0 Å². The molecular weight excluding hydrogens is 246 g/mol. The molecule has 2 rings (SSSR count). The van der Waals surface area contributed by atoms with Gasteiger partial charge in [0.15, 0.2) is 17.3 Å². The molecule has 1 heterocycles. The Morgan fingerprint density at radius 2 is 1.63 bits per heavy atom. The Morgan fingerprint density at radius 3 is 2.11 bits per heavy atom. The van der Waals surface area contributed by atoms with Crippen LogP contribution < -0.4 is 19.9 Å². The van der Waals surface area contributed by atoms with Crippen molar-refractivity contribution in [2.75, 3.05) is 27.1 Å². The fraction of sp³-hybridized carbons (Fsp3) is 0.231. The minimum atomic E-state index is 0.344. The van der Waals surface area contributed by atoms with E-state index in [1.807, 2.05) is 12.1 Å². The Kier molecular flexibility index (Phi) is 3.70. The summed E-state index contributed by atoms with van der Waals surface area (Å²) in [6, 6.07) is 5.41. The third-order valence-corrected chi connectivity index (χ3v) is 2.73. The van der Waals surface area contributed by atoms with Gasteiger partial charge in [-0.1, -0.05) is 0 Å². The van der Waals surface area contributed by atoms with E-state index >= 15 is 0 Å². The fourth-order valence-corrected chi connectivity index (χ4v) is 1.82. The zero-order chi connectivity index (χ0) is 13.8. The lowest BCUT2D eigenvalue weighted by Crippen LogP contribution is -1.98. The molecule has 0 aliphatic rings. The first-order valence-corrected chi connectivity index (χ1v) is 5.58. The second-order valence-electron chi connectivity index (χ2n) is 3.74. The molecule has 2 N–H and O–H groups in total. The Labute approximate surface area is 111 Å². The molecule has 19 heavy (non-hydrogen) atoms. The summed E-state index contributed by atoms with van der Waals surface area (Å²) in [5, 5.41) is 7.55. The quantitative estimate of drug-likeness (QED) is 0.903. The van der Waals surface area contributed by atoms with Gasteiger partial charge in [-0.2, -0.15) is 5.10 Å². The second-order valence-corrected chi connectivity index (χ2v) is 3.74. The van der Waals surface area contributed by atoms with Gasteiger partial charge in [0.05, 0.1) is 27.5 Å². The van der Waals surface area contributed by atoms with Crippen molar-refractivity contribution in [1.82, 2.24) is 10.2 Å². The van der Waals surface area contributed by atoms with Crippen LogP contribution in [0.1, 0.15) is 0 Å². The number of benzene rings is 1. The summed E-state index contributed by atoms with van der Waals surface area (Å²) in [4.78, 5) is 0. The normalized spacial score (nSPS) is 10.1. The number of rotatable bonds is 4. The highest BCUT2D eigenvalue weighted by Crippen LogP contribution is 2.41. The van der Waals surface area contributed by atoms with Gasteiger partial charge in [0.1, 0.15) is 0 Å². The van der Waals surface area contributed by atoms with Crippen molar-refractivity contribution in [2.45, 2.75) is 0 Å². The molecule has 0 radical (unpaired) electrons. The average molecular weight is 261 g/mol.